The molecule has 2 nitrogen and oxygen atoms in total. The molecule has 13 heavy (non-hydrogen) atoms. The van der Waals surface area contributed by atoms with Gasteiger partial charge in [0.1, 0.15) is 0 Å². The molecular formula is C10H8EuN2. The van der Waals surface area contributed by atoms with Crippen LogP contribution in [0.3, 0.4) is 0 Å². The second kappa shape index (κ2) is 5.58. The zero-order valence-electron chi connectivity index (χ0n) is 6.89. The van der Waals surface area contributed by atoms with E-state index in [2.05, 4.69) is 9.97 Å². The van der Waals surface area contributed by atoms with Crippen LogP contribution in [0, 0.1) is 49.4 Å². The minimum absolute atomic E-state index is 0. The maximum atomic E-state index is 4.19. The Morgan fingerprint density at radius 3 is 1.46 bits per heavy atom. The largest absolute Gasteiger partial charge is 0.255 e. The van der Waals surface area contributed by atoms with Crippen molar-refractivity contribution in [1.82, 2.24) is 9.97 Å². The Morgan fingerprint density at radius 2 is 1.15 bits per heavy atom. The van der Waals surface area contributed by atoms with Crippen LogP contribution in [-0.2, 0) is 0 Å². The molecule has 65 valence electrons. The molecule has 2 aromatic rings. The molecule has 2 heterocycles. The SMILES string of the molecule is [Eu].c1ccc(-c2ccccn2)nc1. The summed E-state index contributed by atoms with van der Waals surface area (Å²) in [6, 6.07) is 11.6. The number of pyridine rings is 2. The first kappa shape index (κ1) is 11.0. The summed E-state index contributed by atoms with van der Waals surface area (Å²) in [6.07, 6.45) is 3.54. The van der Waals surface area contributed by atoms with E-state index in [0.29, 0.717) is 0 Å². The summed E-state index contributed by atoms with van der Waals surface area (Å²) in [6.45, 7) is 0. The maximum Gasteiger partial charge on any atom is 0.0886 e. The van der Waals surface area contributed by atoms with Crippen molar-refractivity contribution >= 4 is 0 Å². The smallest absolute Gasteiger partial charge is 0.0886 e. The van der Waals surface area contributed by atoms with E-state index in [1.54, 1.807) is 12.4 Å². The number of hydrogen-bond acceptors (Lipinski definition) is 2. The van der Waals surface area contributed by atoms with Gasteiger partial charge in [-0.1, -0.05) is 12.1 Å². The van der Waals surface area contributed by atoms with Gasteiger partial charge in [0.05, 0.1) is 11.4 Å². The Labute approximate surface area is 118 Å². The van der Waals surface area contributed by atoms with Crippen LogP contribution in [0.2, 0.25) is 0 Å². The molecule has 0 unspecified atom stereocenters. The van der Waals surface area contributed by atoms with Gasteiger partial charge in [0.2, 0.25) is 0 Å². The van der Waals surface area contributed by atoms with Crippen LogP contribution in [0.5, 0.6) is 0 Å². The fraction of sp³-hybridized carbons (Fsp3) is 0. The van der Waals surface area contributed by atoms with Gasteiger partial charge in [-0.25, -0.2) is 0 Å². The summed E-state index contributed by atoms with van der Waals surface area (Å²) in [5.41, 5.74) is 1.83. The first-order chi connectivity index (χ1) is 5.97. The van der Waals surface area contributed by atoms with Gasteiger partial charge in [0.25, 0.3) is 0 Å². The van der Waals surface area contributed by atoms with E-state index < -0.39 is 0 Å². The molecule has 0 N–H and O–H groups in total. The van der Waals surface area contributed by atoms with Crippen molar-refractivity contribution in [3.63, 3.8) is 0 Å². The van der Waals surface area contributed by atoms with Crippen LogP contribution in [0.25, 0.3) is 11.4 Å². The maximum absolute atomic E-state index is 4.19. The van der Waals surface area contributed by atoms with Gasteiger partial charge in [-0.2, -0.15) is 0 Å². The van der Waals surface area contributed by atoms with Gasteiger partial charge in [-0.15, -0.1) is 0 Å². The van der Waals surface area contributed by atoms with E-state index in [-0.39, 0.29) is 49.4 Å². The molecule has 2 rings (SSSR count). The molecule has 0 saturated carbocycles. The third-order valence-corrected chi connectivity index (χ3v) is 1.59. The van der Waals surface area contributed by atoms with Crippen LogP contribution >= 0.6 is 0 Å². The first-order valence-electron chi connectivity index (χ1n) is 3.79. The predicted octanol–water partition coefficient (Wildman–Crippen LogP) is 2.14. The second-order valence-electron chi connectivity index (χ2n) is 2.43. The van der Waals surface area contributed by atoms with Gasteiger partial charge < -0.3 is 0 Å². The van der Waals surface area contributed by atoms with Gasteiger partial charge >= 0.3 is 0 Å². The molecule has 2 aromatic heterocycles. The monoisotopic (exact) mass is 309 g/mol. The summed E-state index contributed by atoms with van der Waals surface area (Å²) in [7, 11) is 0. The van der Waals surface area contributed by atoms with Crippen LogP contribution in [0.15, 0.2) is 48.8 Å². The van der Waals surface area contributed by atoms with Crippen LogP contribution in [-0.4, -0.2) is 9.97 Å². The van der Waals surface area contributed by atoms with Crippen molar-refractivity contribution in [3.05, 3.63) is 48.8 Å². The zero-order chi connectivity index (χ0) is 8.23. The molecule has 0 aliphatic rings. The molecule has 3 heteroatoms. The molecule has 0 bridgehead atoms. The molecule has 0 fully saturated rings. The first-order valence-corrected chi connectivity index (χ1v) is 3.79. The normalized spacial score (nSPS) is 8.92. The summed E-state index contributed by atoms with van der Waals surface area (Å²) in [4.78, 5) is 8.37. The van der Waals surface area contributed by atoms with Gasteiger partial charge in [-0.3, -0.25) is 9.97 Å². The summed E-state index contributed by atoms with van der Waals surface area (Å²) >= 11 is 0. The molecule has 1 radical (unpaired) electrons. The van der Waals surface area contributed by atoms with Gasteiger partial charge in [0, 0.05) is 61.8 Å². The Morgan fingerprint density at radius 1 is 0.692 bits per heavy atom. The van der Waals surface area contributed by atoms with E-state index in [0.717, 1.165) is 11.4 Å². The van der Waals surface area contributed by atoms with E-state index in [1.807, 2.05) is 36.4 Å². The minimum atomic E-state index is 0. The van der Waals surface area contributed by atoms with Crippen molar-refractivity contribution < 1.29 is 49.4 Å². The topological polar surface area (TPSA) is 25.8 Å². The molecular weight excluding hydrogens is 300 g/mol. The molecule has 0 saturated heterocycles. The number of aromatic nitrogens is 2. The van der Waals surface area contributed by atoms with Crippen molar-refractivity contribution in [2.45, 2.75) is 0 Å². The van der Waals surface area contributed by atoms with Crippen molar-refractivity contribution in [3.8, 4) is 11.4 Å². The fourth-order valence-corrected chi connectivity index (χ4v) is 1.03. The van der Waals surface area contributed by atoms with Crippen LogP contribution in [0.1, 0.15) is 0 Å². The summed E-state index contributed by atoms with van der Waals surface area (Å²) in [5.74, 6) is 0. The summed E-state index contributed by atoms with van der Waals surface area (Å²) in [5, 5.41) is 0. The third-order valence-electron chi connectivity index (χ3n) is 1.59. The van der Waals surface area contributed by atoms with Gasteiger partial charge in [0.15, 0.2) is 0 Å². The van der Waals surface area contributed by atoms with Crippen molar-refractivity contribution in [2.75, 3.05) is 0 Å². The second-order valence-corrected chi connectivity index (χ2v) is 2.43. The molecule has 0 atom stereocenters. The van der Waals surface area contributed by atoms with Crippen molar-refractivity contribution in [2.24, 2.45) is 0 Å². The molecule has 0 aliphatic carbocycles. The Hall–Kier alpha value is -0.116. The number of nitrogens with zero attached hydrogens (tertiary/aromatic N) is 2. The fourth-order valence-electron chi connectivity index (χ4n) is 1.03. The molecule has 0 aromatic carbocycles. The third kappa shape index (κ3) is 2.94. The number of hydrogen-bond donors (Lipinski definition) is 0. The van der Waals surface area contributed by atoms with E-state index in [4.69, 9.17) is 0 Å². The minimum Gasteiger partial charge on any atom is -0.255 e. The van der Waals surface area contributed by atoms with E-state index in [9.17, 15) is 0 Å². The molecule has 0 spiro atoms. The Kier molecular flexibility index (Phi) is 4.71. The average Bonchev–Trinajstić information content (AvgIpc) is 2.21. The average molecular weight is 308 g/mol. The summed E-state index contributed by atoms with van der Waals surface area (Å²) < 4.78 is 0. The Bertz CT molecular complexity index is 310. The van der Waals surface area contributed by atoms with E-state index >= 15 is 0 Å². The quantitative estimate of drug-likeness (QED) is 0.807. The predicted molar refractivity (Wildman–Crippen MR) is 47.5 cm³/mol. The molecule has 0 amide bonds. The molecule has 0 aliphatic heterocycles. The standard InChI is InChI=1S/C10H8N2.Eu/c1-3-7-11-9(5-1)10-6-2-4-8-12-10;/h1-8H;. The zero-order valence-corrected chi connectivity index (χ0v) is 9.32. The van der Waals surface area contributed by atoms with E-state index in [1.165, 1.54) is 0 Å². The Balaban J connectivity index is 0.000000845. The van der Waals surface area contributed by atoms with Crippen LogP contribution < -0.4 is 0 Å². The number of rotatable bonds is 1. The van der Waals surface area contributed by atoms with Crippen molar-refractivity contribution in [1.29, 1.82) is 0 Å². The van der Waals surface area contributed by atoms with Crippen LogP contribution in [0.4, 0.5) is 0 Å². The van der Waals surface area contributed by atoms with Gasteiger partial charge in [-0.05, 0) is 24.3 Å².